The molecule has 0 amide bonds. The first-order valence-electron chi connectivity index (χ1n) is 7.47. The van der Waals surface area contributed by atoms with Gasteiger partial charge < -0.3 is 26.6 Å². The van der Waals surface area contributed by atoms with E-state index in [9.17, 15) is 0 Å². The number of likely N-dealkylation sites (N-methyl/N-ethyl adjacent to an activating group) is 1. The number of benzene rings is 2. The van der Waals surface area contributed by atoms with Crippen LogP contribution in [0, 0.1) is 6.92 Å². The molecule has 1 N–H and O–H groups in total. The highest BCUT2D eigenvalue weighted by Crippen LogP contribution is 2.34. The van der Waals surface area contributed by atoms with Gasteiger partial charge in [0.1, 0.15) is 5.75 Å². The number of aromatic nitrogens is 1. The normalized spacial score (nSPS) is 11.1. The molecule has 2 aromatic carbocycles. The predicted molar refractivity (Wildman–Crippen MR) is 88.4 cm³/mol. The second-order valence-corrected chi connectivity index (χ2v) is 5.91. The Bertz CT molecular complexity index is 792. The van der Waals surface area contributed by atoms with Gasteiger partial charge in [0.05, 0.1) is 39.8 Å². The molecule has 0 fully saturated rings. The van der Waals surface area contributed by atoms with Gasteiger partial charge in [0.15, 0.2) is 0 Å². The lowest BCUT2D eigenvalue weighted by atomic mass is 10.1. The number of hydrogen-bond donors (Lipinski definition) is 1. The fourth-order valence-corrected chi connectivity index (χ4v) is 3.09. The van der Waals surface area contributed by atoms with Crippen LogP contribution in [0.3, 0.4) is 0 Å². The van der Waals surface area contributed by atoms with Crippen LogP contribution in [-0.2, 0) is 6.54 Å². The standard InChI is InChI=1S/C18H22N2O.ClH/c1-13-17(21-4)10-9-15-14-7-5-6-8-16(14)20(18(13)15)12-11-19(2)3;/h5-10H,11-12H2,1-4H3;1H. The van der Waals surface area contributed by atoms with E-state index in [1.54, 1.807) is 7.11 Å². The zero-order valence-corrected chi connectivity index (χ0v) is 14.4. The molecule has 0 spiro atoms. The summed E-state index contributed by atoms with van der Waals surface area (Å²) in [4.78, 5) is 1.46. The van der Waals surface area contributed by atoms with Gasteiger partial charge in [-0.25, -0.2) is 0 Å². The molecule has 1 heterocycles. The van der Waals surface area contributed by atoms with Gasteiger partial charge in [-0.2, -0.15) is 0 Å². The molecule has 0 radical (unpaired) electrons. The summed E-state index contributed by atoms with van der Waals surface area (Å²) >= 11 is 0. The van der Waals surface area contributed by atoms with Gasteiger partial charge in [-0.3, -0.25) is 0 Å². The summed E-state index contributed by atoms with van der Waals surface area (Å²) in [7, 11) is 6.13. The molecule has 3 nitrogen and oxygen atoms in total. The monoisotopic (exact) mass is 318 g/mol. The first-order chi connectivity index (χ1) is 10.1. The Morgan fingerprint density at radius 3 is 2.45 bits per heavy atom. The van der Waals surface area contributed by atoms with Crippen molar-refractivity contribution in [3.05, 3.63) is 42.0 Å². The van der Waals surface area contributed by atoms with Crippen molar-refractivity contribution in [2.45, 2.75) is 13.5 Å². The van der Waals surface area contributed by atoms with Crippen molar-refractivity contribution in [1.29, 1.82) is 0 Å². The number of rotatable bonds is 4. The van der Waals surface area contributed by atoms with Gasteiger partial charge in [-0.1, -0.05) is 18.2 Å². The first-order valence-corrected chi connectivity index (χ1v) is 7.47. The van der Waals surface area contributed by atoms with E-state index in [2.05, 4.69) is 62.0 Å². The van der Waals surface area contributed by atoms with E-state index >= 15 is 0 Å². The molecule has 0 saturated carbocycles. The van der Waals surface area contributed by atoms with Gasteiger partial charge in [-0.15, -0.1) is 0 Å². The number of aryl methyl sites for hydroxylation is 1. The fourth-order valence-electron chi connectivity index (χ4n) is 3.09. The maximum absolute atomic E-state index is 5.51. The number of nitrogens with zero attached hydrogens (tertiary/aromatic N) is 1. The van der Waals surface area contributed by atoms with Gasteiger partial charge in [0.25, 0.3) is 0 Å². The van der Waals surface area contributed by atoms with Crippen molar-refractivity contribution in [2.75, 3.05) is 27.7 Å². The van der Waals surface area contributed by atoms with Crippen LogP contribution in [0.25, 0.3) is 21.8 Å². The third-order valence-electron chi connectivity index (χ3n) is 4.19. The number of para-hydroxylation sites is 1. The maximum atomic E-state index is 5.51. The number of fused-ring (bicyclic) bond motifs is 3. The van der Waals surface area contributed by atoms with Gasteiger partial charge in [0.2, 0.25) is 0 Å². The van der Waals surface area contributed by atoms with Crippen LogP contribution < -0.4 is 22.0 Å². The minimum atomic E-state index is 0. The highest BCUT2D eigenvalue weighted by Gasteiger charge is 2.15. The highest BCUT2D eigenvalue weighted by molar-refractivity contribution is 6.09. The summed E-state index contributed by atoms with van der Waals surface area (Å²) in [6, 6.07) is 12.9. The van der Waals surface area contributed by atoms with Gasteiger partial charge in [0, 0.05) is 21.9 Å². The summed E-state index contributed by atoms with van der Waals surface area (Å²) in [5.74, 6) is 0.962. The predicted octanol–water partition coefficient (Wildman–Crippen LogP) is -0.740. The zero-order chi connectivity index (χ0) is 15.0. The number of methoxy groups -OCH3 is 1. The first kappa shape index (κ1) is 16.7. The van der Waals surface area contributed by atoms with Crippen LogP contribution in [0.4, 0.5) is 0 Å². The molecule has 0 bridgehead atoms. The minimum absolute atomic E-state index is 0. The third kappa shape index (κ3) is 2.67. The molecular formula is C18H23ClN2O. The second-order valence-electron chi connectivity index (χ2n) is 5.91. The smallest absolute Gasteiger partial charge is 0.123 e. The molecule has 0 aliphatic rings. The molecule has 0 saturated heterocycles. The van der Waals surface area contributed by atoms with Crippen molar-refractivity contribution in [2.24, 2.45) is 0 Å². The van der Waals surface area contributed by atoms with Crippen LogP contribution in [0.1, 0.15) is 5.56 Å². The molecule has 3 aromatic rings. The molecule has 0 aliphatic carbocycles. The molecule has 1 aromatic heterocycles. The second kappa shape index (κ2) is 6.59. The Balaban J connectivity index is 0.00000176. The number of hydrogen-bond acceptors (Lipinski definition) is 1. The van der Waals surface area contributed by atoms with E-state index in [-0.39, 0.29) is 12.4 Å². The summed E-state index contributed by atoms with van der Waals surface area (Å²) < 4.78 is 7.95. The lowest BCUT2D eigenvalue weighted by Crippen LogP contribution is -3.06. The van der Waals surface area contributed by atoms with Crippen molar-refractivity contribution >= 4 is 21.8 Å². The minimum Gasteiger partial charge on any atom is -1.00 e. The third-order valence-corrected chi connectivity index (χ3v) is 4.19. The molecule has 118 valence electrons. The van der Waals surface area contributed by atoms with Crippen LogP contribution in [-0.4, -0.2) is 32.3 Å². The van der Waals surface area contributed by atoms with Crippen molar-refractivity contribution < 1.29 is 22.0 Å². The molecule has 4 heteroatoms. The lowest BCUT2D eigenvalue weighted by molar-refractivity contribution is -0.858. The maximum Gasteiger partial charge on any atom is 0.123 e. The van der Waals surface area contributed by atoms with Crippen molar-refractivity contribution in [3.63, 3.8) is 0 Å². The SMILES string of the molecule is COc1ccc2c3ccccc3n(CC[NH+](C)C)c2c1C.[Cl-]. The number of quaternary nitrogens is 1. The van der Waals surface area contributed by atoms with Crippen molar-refractivity contribution in [1.82, 2.24) is 4.57 Å². The molecule has 0 atom stereocenters. The topological polar surface area (TPSA) is 18.6 Å². The fraction of sp³-hybridized carbons (Fsp3) is 0.333. The quantitative estimate of drug-likeness (QED) is 0.671. The largest absolute Gasteiger partial charge is 1.00 e. The van der Waals surface area contributed by atoms with Crippen LogP contribution in [0.5, 0.6) is 5.75 Å². The highest BCUT2D eigenvalue weighted by atomic mass is 35.5. The van der Waals surface area contributed by atoms with Gasteiger partial charge in [-0.05, 0) is 25.1 Å². The zero-order valence-electron chi connectivity index (χ0n) is 13.6. The van der Waals surface area contributed by atoms with Crippen LogP contribution >= 0.6 is 0 Å². The lowest BCUT2D eigenvalue weighted by Gasteiger charge is -2.13. The molecular weight excluding hydrogens is 296 g/mol. The van der Waals surface area contributed by atoms with Crippen LogP contribution in [0.15, 0.2) is 36.4 Å². The number of ether oxygens (including phenoxy) is 1. The molecule has 22 heavy (non-hydrogen) atoms. The summed E-state index contributed by atoms with van der Waals surface area (Å²) in [5.41, 5.74) is 3.84. The Labute approximate surface area is 137 Å². The van der Waals surface area contributed by atoms with E-state index in [4.69, 9.17) is 4.74 Å². The van der Waals surface area contributed by atoms with E-state index in [1.165, 1.54) is 32.3 Å². The summed E-state index contributed by atoms with van der Waals surface area (Å²) in [6.45, 7) is 4.27. The Kier molecular flexibility index (Phi) is 4.99. The molecule has 3 rings (SSSR count). The van der Waals surface area contributed by atoms with E-state index in [1.807, 2.05) is 0 Å². The average Bonchev–Trinajstić information content (AvgIpc) is 2.80. The van der Waals surface area contributed by atoms with Crippen LogP contribution in [0.2, 0.25) is 0 Å². The van der Waals surface area contributed by atoms with Crippen molar-refractivity contribution in [3.8, 4) is 5.75 Å². The molecule has 0 unspecified atom stereocenters. The Hall–Kier alpha value is -1.71. The Morgan fingerprint density at radius 2 is 1.77 bits per heavy atom. The van der Waals surface area contributed by atoms with E-state index in [0.29, 0.717) is 0 Å². The molecule has 0 aliphatic heterocycles. The summed E-state index contributed by atoms with van der Waals surface area (Å²) in [5, 5.41) is 2.64. The summed E-state index contributed by atoms with van der Waals surface area (Å²) in [6.07, 6.45) is 0. The van der Waals surface area contributed by atoms with E-state index < -0.39 is 0 Å². The van der Waals surface area contributed by atoms with Gasteiger partial charge >= 0.3 is 0 Å². The average molecular weight is 319 g/mol. The number of halogens is 1. The van der Waals surface area contributed by atoms with E-state index in [0.717, 1.165) is 18.8 Å². The Morgan fingerprint density at radius 1 is 1.05 bits per heavy atom. The number of nitrogens with one attached hydrogen (secondary N) is 1.